The van der Waals surface area contributed by atoms with Crippen LogP contribution in [0.25, 0.3) is 0 Å². The number of carbonyl (C=O) groups is 2. The Kier molecular flexibility index (Phi) is 6.02. The summed E-state index contributed by atoms with van der Waals surface area (Å²) in [7, 11) is 0. The van der Waals surface area contributed by atoms with Gasteiger partial charge < -0.3 is 20.4 Å². The molecule has 1 aliphatic heterocycles. The van der Waals surface area contributed by atoms with Gasteiger partial charge in [0.15, 0.2) is 5.76 Å². The summed E-state index contributed by atoms with van der Waals surface area (Å²) in [6, 6.07) is 2.70. The van der Waals surface area contributed by atoms with E-state index >= 15 is 0 Å². The van der Waals surface area contributed by atoms with E-state index in [2.05, 4.69) is 19.2 Å². The van der Waals surface area contributed by atoms with Crippen LogP contribution in [0.3, 0.4) is 0 Å². The summed E-state index contributed by atoms with van der Waals surface area (Å²) < 4.78 is 5.02. The van der Waals surface area contributed by atoms with Gasteiger partial charge in [0.05, 0.1) is 6.26 Å². The number of likely N-dealkylation sites (tertiary alicyclic amines) is 1. The number of piperidine rings is 1. The number of rotatable bonds is 3. The number of nitrogens with one attached hydrogen (secondary N) is 1. The minimum absolute atomic E-state index is 0. The van der Waals surface area contributed by atoms with E-state index in [1.54, 1.807) is 24.0 Å². The molecule has 0 saturated carbocycles. The summed E-state index contributed by atoms with van der Waals surface area (Å²) >= 11 is 0. The number of hydrogen-bond donors (Lipinski definition) is 2. The summed E-state index contributed by atoms with van der Waals surface area (Å²) in [5.74, 6) is -0.264. The molecule has 0 aromatic carbocycles. The Morgan fingerprint density at radius 1 is 1.50 bits per heavy atom. The molecular weight excluding hydrogens is 306 g/mol. The van der Waals surface area contributed by atoms with Gasteiger partial charge in [-0.15, -0.1) is 12.4 Å². The smallest absolute Gasteiger partial charge is 0.287 e. The molecule has 0 spiro atoms. The molecule has 0 radical (unpaired) electrons. The Hall–Kier alpha value is -1.53. The van der Waals surface area contributed by atoms with Crippen LogP contribution in [0.15, 0.2) is 22.8 Å². The van der Waals surface area contributed by atoms with E-state index in [-0.39, 0.29) is 41.4 Å². The monoisotopic (exact) mass is 329 g/mol. The van der Waals surface area contributed by atoms with Gasteiger partial charge in [0, 0.05) is 19.1 Å². The van der Waals surface area contributed by atoms with E-state index in [0.29, 0.717) is 13.1 Å². The Morgan fingerprint density at radius 2 is 2.18 bits per heavy atom. The highest BCUT2D eigenvalue weighted by Gasteiger charge is 2.36. The Balaban J connectivity index is 0.00000242. The second kappa shape index (κ2) is 7.15. The number of nitrogens with two attached hydrogens (primary N) is 1. The number of carbonyl (C=O) groups excluding carboxylic acids is 2. The largest absolute Gasteiger partial charge is 0.459 e. The van der Waals surface area contributed by atoms with Crippen LogP contribution in [0.4, 0.5) is 0 Å². The van der Waals surface area contributed by atoms with Crippen molar-refractivity contribution in [2.45, 2.75) is 39.3 Å². The topological polar surface area (TPSA) is 88.6 Å². The first-order valence-corrected chi connectivity index (χ1v) is 7.20. The molecule has 7 heteroatoms. The van der Waals surface area contributed by atoms with Gasteiger partial charge in [-0.05, 0) is 30.9 Å². The molecular formula is C15H24ClN3O3. The van der Waals surface area contributed by atoms with Crippen molar-refractivity contribution in [2.75, 3.05) is 13.1 Å². The van der Waals surface area contributed by atoms with Crippen molar-refractivity contribution in [2.24, 2.45) is 11.1 Å². The Bertz CT molecular complexity index is 516. The van der Waals surface area contributed by atoms with Gasteiger partial charge >= 0.3 is 0 Å². The summed E-state index contributed by atoms with van der Waals surface area (Å²) in [6.45, 7) is 7.04. The van der Waals surface area contributed by atoms with Gasteiger partial charge in [-0.3, -0.25) is 9.59 Å². The third-order valence-electron chi connectivity index (χ3n) is 4.09. The molecule has 2 unspecified atom stereocenters. The molecule has 22 heavy (non-hydrogen) atoms. The first kappa shape index (κ1) is 18.5. The standard InChI is InChI=1S/C15H23N3O3.ClH/c1-10(17-13(19)11-5-4-8-21-11)14(20)18-7-6-12(16)15(2,3)9-18;/h4-5,8,10,12H,6-7,9,16H2,1-3H3,(H,17,19);1H. The van der Waals surface area contributed by atoms with E-state index in [4.69, 9.17) is 10.2 Å². The number of hydrogen-bond acceptors (Lipinski definition) is 4. The second-order valence-electron chi connectivity index (χ2n) is 6.32. The lowest BCUT2D eigenvalue weighted by atomic mass is 9.79. The fourth-order valence-electron chi connectivity index (χ4n) is 2.57. The number of furan rings is 1. The normalized spacial score (nSPS) is 21.6. The Morgan fingerprint density at radius 3 is 2.73 bits per heavy atom. The highest BCUT2D eigenvalue weighted by atomic mass is 35.5. The molecule has 1 saturated heterocycles. The van der Waals surface area contributed by atoms with Crippen LogP contribution in [-0.4, -0.2) is 41.9 Å². The first-order valence-electron chi connectivity index (χ1n) is 7.20. The average molecular weight is 330 g/mol. The molecule has 3 N–H and O–H groups in total. The van der Waals surface area contributed by atoms with Crippen LogP contribution in [0.5, 0.6) is 0 Å². The van der Waals surface area contributed by atoms with E-state index in [0.717, 1.165) is 6.42 Å². The fourth-order valence-corrected chi connectivity index (χ4v) is 2.57. The van der Waals surface area contributed by atoms with E-state index in [1.807, 2.05) is 0 Å². The van der Waals surface area contributed by atoms with Crippen molar-refractivity contribution in [3.05, 3.63) is 24.2 Å². The summed E-state index contributed by atoms with van der Waals surface area (Å²) in [5, 5.41) is 2.66. The number of amides is 2. The highest BCUT2D eigenvalue weighted by molar-refractivity contribution is 5.95. The fraction of sp³-hybridized carbons (Fsp3) is 0.600. The van der Waals surface area contributed by atoms with Crippen LogP contribution < -0.4 is 11.1 Å². The average Bonchev–Trinajstić information content (AvgIpc) is 2.95. The highest BCUT2D eigenvalue weighted by Crippen LogP contribution is 2.27. The maximum absolute atomic E-state index is 12.4. The lowest BCUT2D eigenvalue weighted by Crippen LogP contribution is -2.57. The van der Waals surface area contributed by atoms with E-state index in [1.165, 1.54) is 6.26 Å². The van der Waals surface area contributed by atoms with Crippen molar-refractivity contribution in [1.29, 1.82) is 0 Å². The molecule has 2 atom stereocenters. The van der Waals surface area contributed by atoms with Crippen LogP contribution >= 0.6 is 12.4 Å². The van der Waals surface area contributed by atoms with Crippen LogP contribution in [0, 0.1) is 5.41 Å². The van der Waals surface area contributed by atoms with Crippen LogP contribution in [0.2, 0.25) is 0 Å². The third-order valence-corrected chi connectivity index (χ3v) is 4.09. The molecule has 1 aliphatic rings. The minimum atomic E-state index is -0.590. The lowest BCUT2D eigenvalue weighted by Gasteiger charge is -2.43. The molecule has 1 aromatic rings. The summed E-state index contributed by atoms with van der Waals surface area (Å²) in [4.78, 5) is 26.1. The molecule has 2 amide bonds. The van der Waals surface area contributed by atoms with Gasteiger partial charge in [-0.25, -0.2) is 0 Å². The predicted molar refractivity (Wildman–Crippen MR) is 85.8 cm³/mol. The lowest BCUT2D eigenvalue weighted by molar-refractivity contribution is -0.136. The van der Waals surface area contributed by atoms with E-state index in [9.17, 15) is 9.59 Å². The molecule has 0 aliphatic carbocycles. The molecule has 2 rings (SSSR count). The van der Waals surface area contributed by atoms with Crippen molar-refractivity contribution < 1.29 is 14.0 Å². The third kappa shape index (κ3) is 4.01. The molecule has 1 aromatic heterocycles. The quantitative estimate of drug-likeness (QED) is 0.877. The van der Waals surface area contributed by atoms with E-state index < -0.39 is 6.04 Å². The van der Waals surface area contributed by atoms with Gasteiger partial charge in [0.25, 0.3) is 5.91 Å². The van der Waals surface area contributed by atoms with Gasteiger partial charge in [-0.1, -0.05) is 13.8 Å². The number of halogens is 1. The second-order valence-corrected chi connectivity index (χ2v) is 6.32. The van der Waals surface area contributed by atoms with Crippen LogP contribution in [-0.2, 0) is 4.79 Å². The van der Waals surface area contributed by atoms with Gasteiger partial charge in [0.2, 0.25) is 5.91 Å². The maximum Gasteiger partial charge on any atom is 0.287 e. The number of nitrogens with zero attached hydrogens (tertiary/aromatic N) is 1. The zero-order chi connectivity index (χ0) is 15.6. The maximum atomic E-state index is 12.4. The summed E-state index contributed by atoms with van der Waals surface area (Å²) in [5.41, 5.74) is 5.96. The minimum Gasteiger partial charge on any atom is -0.459 e. The zero-order valence-corrected chi connectivity index (χ0v) is 14.0. The molecule has 124 valence electrons. The first-order chi connectivity index (χ1) is 9.81. The molecule has 6 nitrogen and oxygen atoms in total. The van der Waals surface area contributed by atoms with Crippen molar-refractivity contribution in [3.8, 4) is 0 Å². The van der Waals surface area contributed by atoms with Gasteiger partial charge in [-0.2, -0.15) is 0 Å². The van der Waals surface area contributed by atoms with Crippen molar-refractivity contribution in [3.63, 3.8) is 0 Å². The Labute approximate surface area is 136 Å². The van der Waals surface area contributed by atoms with Gasteiger partial charge in [0.1, 0.15) is 6.04 Å². The van der Waals surface area contributed by atoms with Crippen molar-refractivity contribution >= 4 is 24.2 Å². The molecule has 0 bridgehead atoms. The summed E-state index contributed by atoms with van der Waals surface area (Å²) in [6.07, 6.45) is 2.20. The van der Waals surface area contributed by atoms with Crippen LogP contribution in [0.1, 0.15) is 37.7 Å². The predicted octanol–water partition coefficient (Wildman–Crippen LogP) is 1.41. The molecule has 1 fully saturated rings. The zero-order valence-electron chi connectivity index (χ0n) is 13.2. The SMILES string of the molecule is CC(NC(=O)c1ccco1)C(=O)N1CCC(N)C(C)(C)C1.Cl. The van der Waals surface area contributed by atoms with Crippen molar-refractivity contribution in [1.82, 2.24) is 10.2 Å². The molecule has 2 heterocycles.